The first-order valence-corrected chi connectivity index (χ1v) is 13.0. The number of carbonyl (C=O) groups excluding carboxylic acids is 1. The molecule has 7 heteroatoms. The van der Waals surface area contributed by atoms with Crippen LogP contribution in [-0.4, -0.2) is 36.7 Å². The van der Waals surface area contributed by atoms with Gasteiger partial charge in [-0.3, -0.25) is 9.59 Å². The van der Waals surface area contributed by atoms with Gasteiger partial charge in [-0.1, -0.05) is 37.6 Å². The summed E-state index contributed by atoms with van der Waals surface area (Å²) in [5.74, 6) is 1.04. The predicted octanol–water partition coefficient (Wildman–Crippen LogP) is 6.54. The second kappa shape index (κ2) is 11.1. The Morgan fingerprint density at radius 2 is 1.86 bits per heavy atom. The number of benzene rings is 2. The number of amides is 1. The molecule has 0 N–H and O–H groups in total. The third-order valence-electron chi connectivity index (χ3n) is 6.38. The third-order valence-corrected chi connectivity index (χ3v) is 6.79. The second-order valence-electron chi connectivity index (χ2n) is 10.0. The molecule has 0 aliphatic carbocycles. The molecule has 0 bridgehead atoms. The number of carbonyl (C=O) groups is 1. The van der Waals surface area contributed by atoms with Crippen LogP contribution in [0.5, 0.6) is 5.75 Å². The van der Waals surface area contributed by atoms with Gasteiger partial charge in [0.25, 0.3) is 5.91 Å². The van der Waals surface area contributed by atoms with Gasteiger partial charge in [-0.05, 0) is 74.9 Å². The van der Waals surface area contributed by atoms with Crippen molar-refractivity contribution in [3.8, 4) is 5.75 Å². The van der Waals surface area contributed by atoms with E-state index in [9.17, 15) is 9.59 Å². The first-order chi connectivity index (χ1) is 17.2. The number of hydrogen-bond acceptors (Lipinski definition) is 5. The van der Waals surface area contributed by atoms with Crippen LogP contribution < -0.4 is 10.2 Å². The maximum absolute atomic E-state index is 13.8. The quantitative estimate of drug-likeness (QED) is 0.289. The summed E-state index contributed by atoms with van der Waals surface area (Å²) < 4.78 is 17.7. The lowest BCUT2D eigenvalue weighted by Gasteiger charge is -2.25. The largest absolute Gasteiger partial charge is 0.494 e. The highest BCUT2D eigenvalue weighted by Crippen LogP contribution is 2.39. The SMILES string of the molecule is Cc1cc2oc3c(c(=O)c2cc1Cl)C(c1cccc(OCCC(C)C)c1)N(CCCOC(C)C)C3=O. The molecule has 1 amide bonds. The van der Waals surface area contributed by atoms with Crippen LogP contribution >= 0.6 is 11.6 Å². The summed E-state index contributed by atoms with van der Waals surface area (Å²) in [7, 11) is 0. The zero-order valence-electron chi connectivity index (χ0n) is 21.6. The van der Waals surface area contributed by atoms with Crippen LogP contribution in [0.25, 0.3) is 11.0 Å². The number of hydrogen-bond donors (Lipinski definition) is 0. The topological polar surface area (TPSA) is 69.0 Å². The summed E-state index contributed by atoms with van der Waals surface area (Å²) in [5, 5.41) is 0.857. The van der Waals surface area contributed by atoms with E-state index in [1.54, 1.807) is 17.0 Å². The summed E-state index contributed by atoms with van der Waals surface area (Å²) >= 11 is 6.33. The summed E-state index contributed by atoms with van der Waals surface area (Å²) in [4.78, 5) is 29.0. The maximum atomic E-state index is 13.8. The van der Waals surface area contributed by atoms with Gasteiger partial charge in [0.1, 0.15) is 11.3 Å². The van der Waals surface area contributed by atoms with E-state index in [1.165, 1.54) is 0 Å². The Bertz CT molecular complexity index is 1310. The molecule has 0 radical (unpaired) electrons. The van der Waals surface area contributed by atoms with Crippen molar-refractivity contribution in [1.29, 1.82) is 0 Å². The summed E-state index contributed by atoms with van der Waals surface area (Å²) in [5.41, 5.74) is 2.06. The minimum Gasteiger partial charge on any atom is -0.494 e. The monoisotopic (exact) mass is 511 g/mol. The fourth-order valence-corrected chi connectivity index (χ4v) is 4.62. The Labute approximate surface area is 217 Å². The Morgan fingerprint density at radius 1 is 1.08 bits per heavy atom. The first-order valence-electron chi connectivity index (χ1n) is 12.6. The van der Waals surface area contributed by atoms with E-state index in [0.29, 0.717) is 59.4 Å². The summed E-state index contributed by atoms with van der Waals surface area (Å²) in [6.45, 7) is 11.6. The third kappa shape index (κ3) is 5.45. The Balaban J connectivity index is 1.77. The minimum absolute atomic E-state index is 0.0927. The van der Waals surface area contributed by atoms with Crippen molar-refractivity contribution in [2.24, 2.45) is 5.92 Å². The molecule has 3 aromatic rings. The van der Waals surface area contributed by atoms with Gasteiger partial charge in [0.2, 0.25) is 5.76 Å². The van der Waals surface area contributed by atoms with E-state index in [2.05, 4.69) is 13.8 Å². The smallest absolute Gasteiger partial charge is 0.290 e. The average molecular weight is 512 g/mol. The van der Waals surface area contributed by atoms with E-state index in [4.69, 9.17) is 25.5 Å². The Hall–Kier alpha value is -2.83. The lowest BCUT2D eigenvalue weighted by Crippen LogP contribution is -2.31. The Morgan fingerprint density at radius 3 is 2.58 bits per heavy atom. The molecule has 2 heterocycles. The van der Waals surface area contributed by atoms with Crippen LogP contribution in [0.1, 0.15) is 73.8 Å². The highest BCUT2D eigenvalue weighted by Gasteiger charge is 2.42. The molecule has 36 heavy (non-hydrogen) atoms. The van der Waals surface area contributed by atoms with Gasteiger partial charge in [-0.2, -0.15) is 0 Å². The van der Waals surface area contributed by atoms with E-state index in [1.807, 2.05) is 45.0 Å². The van der Waals surface area contributed by atoms with Gasteiger partial charge in [0.05, 0.1) is 29.7 Å². The zero-order valence-corrected chi connectivity index (χ0v) is 22.4. The van der Waals surface area contributed by atoms with Gasteiger partial charge in [-0.25, -0.2) is 0 Å². The lowest BCUT2D eigenvalue weighted by molar-refractivity contribution is 0.0593. The predicted molar refractivity (Wildman–Crippen MR) is 142 cm³/mol. The molecular formula is C29H34ClNO5. The van der Waals surface area contributed by atoms with Gasteiger partial charge in [0, 0.05) is 18.2 Å². The van der Waals surface area contributed by atoms with Crippen molar-refractivity contribution < 1.29 is 18.7 Å². The fraction of sp³-hybridized carbons (Fsp3) is 0.448. The number of ether oxygens (including phenoxy) is 2. The molecule has 0 spiro atoms. The molecule has 4 rings (SSSR count). The molecule has 0 saturated carbocycles. The second-order valence-corrected chi connectivity index (χ2v) is 10.5. The van der Waals surface area contributed by atoms with Gasteiger partial charge in [-0.15, -0.1) is 0 Å². The van der Waals surface area contributed by atoms with Crippen LogP contribution in [0.2, 0.25) is 5.02 Å². The van der Waals surface area contributed by atoms with Crippen LogP contribution in [0, 0.1) is 12.8 Å². The number of fused-ring (bicyclic) bond motifs is 2. The maximum Gasteiger partial charge on any atom is 0.290 e. The lowest BCUT2D eigenvalue weighted by atomic mass is 9.98. The van der Waals surface area contributed by atoms with Crippen molar-refractivity contribution in [3.63, 3.8) is 0 Å². The molecule has 1 aromatic heterocycles. The highest BCUT2D eigenvalue weighted by molar-refractivity contribution is 6.32. The summed E-state index contributed by atoms with van der Waals surface area (Å²) in [6.07, 6.45) is 1.68. The number of halogens is 1. The van der Waals surface area contributed by atoms with E-state index in [-0.39, 0.29) is 23.2 Å². The molecule has 1 aliphatic heterocycles. The number of aryl methyl sites for hydroxylation is 1. The summed E-state index contributed by atoms with van der Waals surface area (Å²) in [6, 6.07) is 10.4. The average Bonchev–Trinajstić information content (AvgIpc) is 3.10. The molecule has 1 unspecified atom stereocenters. The van der Waals surface area contributed by atoms with Crippen molar-refractivity contribution in [2.45, 2.75) is 59.6 Å². The molecule has 0 fully saturated rings. The standard InChI is InChI=1S/C29H34ClNO5/c1-17(2)10-13-35-21-9-6-8-20(15-21)26-25-27(32)22-16-23(30)19(5)14-24(22)36-28(25)29(33)31(26)11-7-12-34-18(3)4/h6,8-9,14-18,26H,7,10-13H2,1-5H3. The van der Waals surface area contributed by atoms with E-state index >= 15 is 0 Å². The molecule has 1 atom stereocenters. The fourth-order valence-electron chi connectivity index (χ4n) is 4.46. The Kier molecular flexibility index (Phi) is 8.06. The van der Waals surface area contributed by atoms with Crippen molar-refractivity contribution in [1.82, 2.24) is 4.90 Å². The van der Waals surface area contributed by atoms with Crippen molar-refractivity contribution in [2.75, 3.05) is 19.8 Å². The van der Waals surface area contributed by atoms with Crippen molar-refractivity contribution >= 4 is 28.5 Å². The van der Waals surface area contributed by atoms with Gasteiger partial charge in [0.15, 0.2) is 5.43 Å². The van der Waals surface area contributed by atoms with E-state index < -0.39 is 6.04 Å². The van der Waals surface area contributed by atoms with Crippen LogP contribution in [-0.2, 0) is 4.74 Å². The minimum atomic E-state index is -0.582. The molecule has 1 aliphatic rings. The molecule has 6 nitrogen and oxygen atoms in total. The van der Waals surface area contributed by atoms with Crippen molar-refractivity contribution in [3.05, 3.63) is 74.1 Å². The number of rotatable bonds is 10. The van der Waals surface area contributed by atoms with E-state index in [0.717, 1.165) is 17.5 Å². The molecule has 192 valence electrons. The molecular weight excluding hydrogens is 478 g/mol. The number of nitrogens with zero attached hydrogens (tertiary/aromatic N) is 1. The molecule has 2 aromatic carbocycles. The highest BCUT2D eigenvalue weighted by atomic mass is 35.5. The van der Waals surface area contributed by atoms with Gasteiger partial charge < -0.3 is 18.8 Å². The van der Waals surface area contributed by atoms with Crippen LogP contribution in [0.15, 0.2) is 45.6 Å². The van der Waals surface area contributed by atoms with Gasteiger partial charge >= 0.3 is 0 Å². The molecule has 0 saturated heterocycles. The van der Waals surface area contributed by atoms with Crippen LogP contribution in [0.3, 0.4) is 0 Å². The first kappa shape index (κ1) is 26.2. The normalized spacial score (nSPS) is 15.4. The van der Waals surface area contributed by atoms with Crippen LogP contribution in [0.4, 0.5) is 0 Å². The zero-order chi connectivity index (χ0) is 26.0.